The molecule has 0 aromatic carbocycles. The van der Waals surface area contributed by atoms with E-state index in [4.69, 9.17) is 4.74 Å². The van der Waals surface area contributed by atoms with Gasteiger partial charge in [-0.05, 0) is 50.5 Å². The number of hydrogen-bond acceptors (Lipinski definition) is 5. The van der Waals surface area contributed by atoms with Gasteiger partial charge in [0.2, 0.25) is 0 Å². The van der Waals surface area contributed by atoms with Crippen LogP contribution in [0.5, 0.6) is 0 Å². The van der Waals surface area contributed by atoms with Gasteiger partial charge in [-0.2, -0.15) is 9.61 Å². The predicted octanol–water partition coefficient (Wildman–Crippen LogP) is 2.62. The van der Waals surface area contributed by atoms with Gasteiger partial charge >= 0.3 is 6.09 Å². The molecule has 1 N–H and O–H groups in total. The highest BCUT2D eigenvalue weighted by Crippen LogP contribution is 2.25. The Hall–Kier alpha value is -2.03. The first-order valence-electron chi connectivity index (χ1n) is 8.60. The predicted molar refractivity (Wildman–Crippen MR) is 103 cm³/mol. The Morgan fingerprint density at radius 2 is 1.96 bits per heavy atom. The highest BCUT2D eigenvalue weighted by molar-refractivity contribution is 9.10. The molecule has 2 atom stereocenters. The molecule has 0 radical (unpaired) electrons. The van der Waals surface area contributed by atoms with Gasteiger partial charge < -0.3 is 19.5 Å². The second kappa shape index (κ2) is 6.61. The summed E-state index contributed by atoms with van der Waals surface area (Å²) in [4.78, 5) is 31.2. The van der Waals surface area contributed by atoms with E-state index < -0.39 is 5.60 Å². The number of anilines is 1. The molecule has 142 valence electrons. The van der Waals surface area contributed by atoms with Crippen molar-refractivity contribution in [2.75, 3.05) is 18.0 Å². The fourth-order valence-electron chi connectivity index (χ4n) is 3.18. The van der Waals surface area contributed by atoms with Gasteiger partial charge in [-0.25, -0.2) is 4.79 Å². The van der Waals surface area contributed by atoms with E-state index in [1.54, 1.807) is 21.5 Å². The van der Waals surface area contributed by atoms with Crippen LogP contribution in [0.4, 0.5) is 10.6 Å². The number of rotatable bonds is 1. The summed E-state index contributed by atoms with van der Waals surface area (Å²) in [6.45, 7) is 10.7. The lowest BCUT2D eigenvalue weighted by Crippen LogP contribution is -2.59. The first-order valence-corrected chi connectivity index (χ1v) is 9.39. The molecule has 0 aliphatic carbocycles. The molecule has 0 saturated carbocycles. The zero-order chi connectivity index (χ0) is 19.2. The fraction of sp³-hybridized carbons (Fsp3) is 0.588. The standard InChI is InChI=1S/C17H24BrN5O3/c1-10-9-22(16(25)26-17(3,4)5)11(2)8-21(10)15-7-14(24)19-13-6-12(18)20-23(13)15/h6-7,10-11H,8-9H2,1-5H3,(H,19,24)/t10-,11+/m0/s1. The Bertz CT molecular complexity index is 885. The van der Waals surface area contributed by atoms with E-state index in [2.05, 4.69) is 30.9 Å². The van der Waals surface area contributed by atoms with Gasteiger partial charge in [0, 0.05) is 37.3 Å². The molecule has 1 fully saturated rings. The Morgan fingerprint density at radius 3 is 2.62 bits per heavy atom. The van der Waals surface area contributed by atoms with Crippen LogP contribution in [0.15, 0.2) is 21.5 Å². The van der Waals surface area contributed by atoms with Crippen LogP contribution in [0, 0.1) is 0 Å². The lowest BCUT2D eigenvalue weighted by Gasteiger charge is -2.44. The Kier molecular flexibility index (Phi) is 4.76. The molecule has 0 unspecified atom stereocenters. The first-order chi connectivity index (χ1) is 12.0. The second-order valence-corrected chi connectivity index (χ2v) is 8.55. The van der Waals surface area contributed by atoms with Crippen LogP contribution < -0.4 is 10.5 Å². The molecule has 1 saturated heterocycles. The Labute approximate surface area is 160 Å². The van der Waals surface area contributed by atoms with Crippen molar-refractivity contribution in [1.29, 1.82) is 0 Å². The van der Waals surface area contributed by atoms with Crippen LogP contribution in [0.1, 0.15) is 34.6 Å². The second-order valence-electron chi connectivity index (χ2n) is 7.74. The number of carbonyl (C=O) groups excluding carboxylic acids is 1. The normalized spacial score (nSPS) is 21.3. The summed E-state index contributed by atoms with van der Waals surface area (Å²) < 4.78 is 7.87. The zero-order valence-corrected chi connectivity index (χ0v) is 17.2. The number of carbonyl (C=O) groups is 1. The summed E-state index contributed by atoms with van der Waals surface area (Å²) in [5, 5.41) is 4.41. The number of amides is 1. The topological polar surface area (TPSA) is 82.9 Å². The average Bonchev–Trinajstić information content (AvgIpc) is 2.86. The minimum Gasteiger partial charge on any atom is -0.444 e. The number of nitrogens with one attached hydrogen (secondary N) is 1. The van der Waals surface area contributed by atoms with Crippen molar-refractivity contribution in [1.82, 2.24) is 19.5 Å². The third-order valence-corrected chi connectivity index (χ3v) is 4.70. The van der Waals surface area contributed by atoms with E-state index in [1.165, 1.54) is 0 Å². The maximum atomic E-state index is 12.5. The van der Waals surface area contributed by atoms with Gasteiger partial charge in [0.05, 0.1) is 0 Å². The first kappa shape index (κ1) is 18.8. The van der Waals surface area contributed by atoms with Crippen LogP contribution >= 0.6 is 15.9 Å². The quantitative estimate of drug-likeness (QED) is 0.758. The number of hydrogen-bond donors (Lipinski definition) is 1. The number of halogens is 1. The van der Waals surface area contributed by atoms with Crippen LogP contribution in [-0.2, 0) is 4.74 Å². The number of H-pyrrole nitrogens is 1. The molecule has 1 aliphatic heterocycles. The van der Waals surface area contributed by atoms with Gasteiger partial charge in [-0.1, -0.05) is 0 Å². The maximum absolute atomic E-state index is 12.5. The van der Waals surface area contributed by atoms with Gasteiger partial charge in [-0.3, -0.25) is 4.79 Å². The Balaban J connectivity index is 1.89. The molecule has 0 spiro atoms. The zero-order valence-electron chi connectivity index (χ0n) is 15.6. The summed E-state index contributed by atoms with van der Waals surface area (Å²) >= 11 is 3.35. The molecular weight excluding hydrogens is 402 g/mol. The van der Waals surface area contributed by atoms with E-state index >= 15 is 0 Å². The molecule has 3 heterocycles. The van der Waals surface area contributed by atoms with Crippen LogP contribution in [0.3, 0.4) is 0 Å². The van der Waals surface area contributed by atoms with Gasteiger partial charge in [0.15, 0.2) is 0 Å². The molecule has 0 bridgehead atoms. The molecule has 9 heteroatoms. The van der Waals surface area contributed by atoms with E-state index in [0.29, 0.717) is 29.2 Å². The van der Waals surface area contributed by atoms with Gasteiger partial charge in [0.1, 0.15) is 21.7 Å². The van der Waals surface area contributed by atoms with E-state index in [-0.39, 0.29) is 23.7 Å². The SMILES string of the molecule is C[C@@H]1CN(c2cc(=O)[nH]c3cc(Br)nn23)[C@@H](C)CN1C(=O)OC(C)(C)C. The van der Waals surface area contributed by atoms with Crippen molar-refractivity contribution in [3.8, 4) is 0 Å². The third kappa shape index (κ3) is 3.72. The van der Waals surface area contributed by atoms with Crippen molar-refractivity contribution >= 4 is 33.5 Å². The summed E-state index contributed by atoms with van der Waals surface area (Å²) in [5.41, 5.74) is -0.0969. The summed E-state index contributed by atoms with van der Waals surface area (Å²) in [5.74, 6) is 0.706. The minimum atomic E-state index is -0.530. The smallest absolute Gasteiger partial charge is 0.410 e. The molecular formula is C17H24BrN5O3. The molecule has 2 aromatic heterocycles. The number of ether oxygens (including phenoxy) is 1. The molecule has 2 aromatic rings. The third-order valence-electron chi connectivity index (χ3n) is 4.32. The molecule has 1 amide bonds. The van der Waals surface area contributed by atoms with Crippen LogP contribution in [0.25, 0.3) is 5.65 Å². The summed E-state index contributed by atoms with van der Waals surface area (Å²) in [6, 6.07) is 3.25. The molecule has 3 rings (SSSR count). The Morgan fingerprint density at radius 1 is 1.27 bits per heavy atom. The summed E-state index contributed by atoms with van der Waals surface area (Å²) in [6.07, 6.45) is -0.311. The highest BCUT2D eigenvalue weighted by atomic mass is 79.9. The van der Waals surface area contributed by atoms with E-state index in [9.17, 15) is 9.59 Å². The van der Waals surface area contributed by atoms with Crippen molar-refractivity contribution in [2.24, 2.45) is 0 Å². The fourth-order valence-corrected chi connectivity index (χ4v) is 3.56. The van der Waals surface area contributed by atoms with Crippen molar-refractivity contribution in [2.45, 2.75) is 52.3 Å². The number of aromatic amines is 1. The average molecular weight is 426 g/mol. The van der Waals surface area contributed by atoms with E-state index in [1.807, 2.05) is 34.6 Å². The van der Waals surface area contributed by atoms with Crippen molar-refractivity contribution in [3.63, 3.8) is 0 Å². The molecule has 26 heavy (non-hydrogen) atoms. The molecule has 8 nitrogen and oxygen atoms in total. The number of piperazine rings is 1. The van der Waals surface area contributed by atoms with Gasteiger partial charge in [0.25, 0.3) is 5.56 Å². The largest absolute Gasteiger partial charge is 0.444 e. The summed E-state index contributed by atoms with van der Waals surface area (Å²) in [7, 11) is 0. The lowest BCUT2D eigenvalue weighted by atomic mass is 10.1. The maximum Gasteiger partial charge on any atom is 0.410 e. The minimum absolute atomic E-state index is 0.00620. The monoisotopic (exact) mass is 425 g/mol. The van der Waals surface area contributed by atoms with Crippen LogP contribution in [0.2, 0.25) is 0 Å². The van der Waals surface area contributed by atoms with Crippen molar-refractivity contribution in [3.05, 3.63) is 27.1 Å². The van der Waals surface area contributed by atoms with E-state index in [0.717, 1.165) is 0 Å². The lowest BCUT2D eigenvalue weighted by molar-refractivity contribution is 0.0129. The van der Waals surface area contributed by atoms with Crippen LogP contribution in [-0.4, -0.2) is 56.4 Å². The van der Waals surface area contributed by atoms with Crippen molar-refractivity contribution < 1.29 is 9.53 Å². The molecule has 1 aliphatic rings. The number of nitrogens with zero attached hydrogens (tertiary/aromatic N) is 4. The van der Waals surface area contributed by atoms with Gasteiger partial charge in [-0.15, -0.1) is 0 Å². The number of aromatic nitrogens is 3. The highest BCUT2D eigenvalue weighted by Gasteiger charge is 2.35. The number of fused-ring (bicyclic) bond motifs is 1.